The lowest BCUT2D eigenvalue weighted by Crippen LogP contribution is -2.48. The van der Waals surface area contributed by atoms with Crippen molar-refractivity contribution < 1.29 is 22.8 Å². The molecule has 0 spiro atoms. The van der Waals surface area contributed by atoms with Gasteiger partial charge in [0.2, 0.25) is 5.91 Å². The van der Waals surface area contributed by atoms with Crippen LogP contribution < -0.4 is 15.5 Å². The van der Waals surface area contributed by atoms with E-state index in [1.165, 1.54) is 17.2 Å². The van der Waals surface area contributed by atoms with Crippen LogP contribution >= 0.6 is 11.6 Å². The van der Waals surface area contributed by atoms with Gasteiger partial charge < -0.3 is 15.5 Å². The predicted octanol–water partition coefficient (Wildman–Crippen LogP) is 4.45. The molecule has 1 saturated heterocycles. The molecule has 2 N–H and O–H groups in total. The Bertz CT molecular complexity index is 1050. The number of nitrogens with zero attached hydrogens (tertiary/aromatic N) is 3. The smallest absolute Gasteiger partial charge is 0.354 e. The topological polar surface area (TPSA) is 87.2 Å². The zero-order valence-electron chi connectivity index (χ0n) is 18.5. The van der Waals surface area contributed by atoms with Crippen LogP contribution in [0.2, 0.25) is 5.02 Å². The monoisotopic (exact) mass is 483 g/mol. The van der Waals surface area contributed by atoms with Crippen LogP contribution in [0.3, 0.4) is 0 Å². The number of anilines is 2. The molecule has 2 amide bonds. The van der Waals surface area contributed by atoms with Crippen molar-refractivity contribution in [3.63, 3.8) is 0 Å². The zero-order chi connectivity index (χ0) is 24.3. The molecular formula is C22H25ClF3N5O2. The molecule has 0 radical (unpaired) electrons. The van der Waals surface area contributed by atoms with E-state index < -0.39 is 17.6 Å². The molecule has 33 heavy (non-hydrogen) atoms. The second kappa shape index (κ2) is 9.94. The Morgan fingerprint density at radius 3 is 2.64 bits per heavy atom. The van der Waals surface area contributed by atoms with Crippen molar-refractivity contribution in [3.05, 3.63) is 46.2 Å². The van der Waals surface area contributed by atoms with Gasteiger partial charge in [-0.25, -0.2) is 9.97 Å². The molecule has 1 aliphatic rings. The zero-order valence-corrected chi connectivity index (χ0v) is 19.2. The molecule has 1 unspecified atom stereocenters. The van der Waals surface area contributed by atoms with Gasteiger partial charge in [-0.3, -0.25) is 9.59 Å². The average Bonchev–Trinajstić information content (AvgIpc) is 2.72. The highest BCUT2D eigenvalue weighted by Crippen LogP contribution is 2.37. The van der Waals surface area contributed by atoms with Crippen molar-refractivity contribution in [1.29, 1.82) is 0 Å². The summed E-state index contributed by atoms with van der Waals surface area (Å²) < 4.78 is 40.5. The number of nitrogens with one attached hydrogen (secondary N) is 2. The van der Waals surface area contributed by atoms with Crippen molar-refractivity contribution in [2.24, 2.45) is 5.92 Å². The summed E-state index contributed by atoms with van der Waals surface area (Å²) in [7, 11) is 0. The summed E-state index contributed by atoms with van der Waals surface area (Å²) in [6.07, 6.45) is -2.23. The summed E-state index contributed by atoms with van der Waals surface area (Å²) in [6, 6.07) is 3.54. The third-order valence-corrected chi connectivity index (χ3v) is 5.39. The number of alkyl halides is 3. The molecule has 3 rings (SSSR count). The minimum absolute atomic E-state index is 0.0960. The van der Waals surface area contributed by atoms with E-state index in [4.69, 9.17) is 11.6 Å². The van der Waals surface area contributed by atoms with Crippen LogP contribution in [0.15, 0.2) is 24.4 Å². The largest absolute Gasteiger partial charge is 0.420 e. The fourth-order valence-electron chi connectivity index (χ4n) is 3.58. The highest BCUT2D eigenvalue weighted by atomic mass is 35.5. The van der Waals surface area contributed by atoms with Crippen LogP contribution in [-0.2, 0) is 11.0 Å². The minimum Gasteiger partial charge on any atom is -0.354 e. The number of aromatic nitrogens is 2. The lowest BCUT2D eigenvalue weighted by molar-refractivity contribution is -0.137. The Morgan fingerprint density at radius 2 is 1.97 bits per heavy atom. The van der Waals surface area contributed by atoms with Crippen LogP contribution in [0.25, 0.3) is 0 Å². The highest BCUT2D eigenvalue weighted by molar-refractivity contribution is 6.30. The molecular weight excluding hydrogens is 459 g/mol. The number of carbonyl (C=O) groups is 2. The summed E-state index contributed by atoms with van der Waals surface area (Å²) in [6.45, 7) is 5.74. The number of hydrogen-bond donors (Lipinski definition) is 2. The second-order valence-electron chi connectivity index (χ2n) is 8.31. The number of hydrogen-bond acceptors (Lipinski definition) is 5. The Labute approximate surface area is 194 Å². The average molecular weight is 484 g/mol. The SMILES string of the molecule is Cc1cc(C(=O)NC2CCCN(c3ncc(Cl)cc3C(F)(F)F)C2)cc(NC(=O)C(C)C)n1. The van der Waals surface area contributed by atoms with Crippen LogP contribution in [0, 0.1) is 12.8 Å². The number of amides is 2. The fraction of sp³-hybridized carbons (Fsp3) is 0.455. The molecule has 0 aliphatic carbocycles. The van der Waals surface area contributed by atoms with Gasteiger partial charge in [-0.2, -0.15) is 13.2 Å². The maximum absolute atomic E-state index is 13.5. The van der Waals surface area contributed by atoms with Crippen molar-refractivity contribution in [1.82, 2.24) is 15.3 Å². The lowest BCUT2D eigenvalue weighted by Gasteiger charge is -2.35. The van der Waals surface area contributed by atoms with Gasteiger partial charge >= 0.3 is 6.18 Å². The third kappa shape index (κ3) is 6.34. The van der Waals surface area contributed by atoms with Crippen LogP contribution in [-0.4, -0.2) is 40.9 Å². The van der Waals surface area contributed by atoms with E-state index in [0.717, 1.165) is 6.07 Å². The molecule has 2 aromatic heterocycles. The fourth-order valence-corrected chi connectivity index (χ4v) is 3.74. The summed E-state index contributed by atoms with van der Waals surface area (Å²) in [5.41, 5.74) is -0.0521. The van der Waals surface area contributed by atoms with E-state index in [2.05, 4.69) is 20.6 Å². The van der Waals surface area contributed by atoms with E-state index in [9.17, 15) is 22.8 Å². The normalized spacial score (nSPS) is 16.6. The molecule has 2 aromatic rings. The first-order valence-corrected chi connectivity index (χ1v) is 10.9. The van der Waals surface area contributed by atoms with Crippen LogP contribution in [0.5, 0.6) is 0 Å². The van der Waals surface area contributed by atoms with Crippen molar-refractivity contribution in [2.75, 3.05) is 23.3 Å². The van der Waals surface area contributed by atoms with Gasteiger partial charge in [0.05, 0.1) is 10.6 Å². The summed E-state index contributed by atoms with van der Waals surface area (Å²) in [5, 5.41) is 5.45. The molecule has 1 aliphatic heterocycles. The molecule has 11 heteroatoms. The van der Waals surface area contributed by atoms with Gasteiger partial charge in [0.25, 0.3) is 5.91 Å². The molecule has 7 nitrogen and oxygen atoms in total. The molecule has 178 valence electrons. The van der Waals surface area contributed by atoms with E-state index >= 15 is 0 Å². The lowest BCUT2D eigenvalue weighted by atomic mass is 10.0. The Morgan fingerprint density at radius 1 is 1.24 bits per heavy atom. The first-order valence-electron chi connectivity index (χ1n) is 10.5. The van der Waals surface area contributed by atoms with Gasteiger partial charge in [0.15, 0.2) is 0 Å². The van der Waals surface area contributed by atoms with Gasteiger partial charge in [0.1, 0.15) is 11.6 Å². The van der Waals surface area contributed by atoms with Crippen LogP contribution in [0.4, 0.5) is 24.8 Å². The number of piperidine rings is 1. The number of rotatable bonds is 5. The summed E-state index contributed by atoms with van der Waals surface area (Å²) in [4.78, 5) is 34.5. The molecule has 0 bridgehead atoms. The first kappa shape index (κ1) is 24.8. The number of pyridine rings is 2. The Kier molecular flexibility index (Phi) is 7.46. The summed E-state index contributed by atoms with van der Waals surface area (Å²) >= 11 is 5.73. The number of aryl methyl sites for hydroxylation is 1. The van der Waals surface area contributed by atoms with Crippen molar-refractivity contribution in [3.8, 4) is 0 Å². The van der Waals surface area contributed by atoms with Crippen LogP contribution in [0.1, 0.15) is 48.3 Å². The number of halogens is 4. The van der Waals surface area contributed by atoms with Gasteiger partial charge in [-0.1, -0.05) is 25.4 Å². The van der Waals surface area contributed by atoms with Gasteiger partial charge in [-0.15, -0.1) is 0 Å². The maximum Gasteiger partial charge on any atom is 0.420 e. The Balaban J connectivity index is 1.75. The molecule has 0 saturated carbocycles. The number of carbonyl (C=O) groups excluding carboxylic acids is 2. The standard InChI is InChI=1S/C22H25ClF3N5O2/c1-12(2)20(32)30-18-8-14(7-13(3)28-18)21(33)29-16-5-4-6-31(11-16)19-17(22(24,25)26)9-15(23)10-27-19/h7-10,12,16H,4-6,11H2,1-3H3,(H,29,33)(H,28,30,32). The molecule has 3 heterocycles. The third-order valence-electron chi connectivity index (χ3n) is 5.19. The second-order valence-corrected chi connectivity index (χ2v) is 8.74. The predicted molar refractivity (Wildman–Crippen MR) is 119 cm³/mol. The quantitative estimate of drug-likeness (QED) is 0.656. The minimum atomic E-state index is -4.60. The Hall–Kier alpha value is -2.88. The van der Waals surface area contributed by atoms with E-state index in [-0.39, 0.29) is 41.1 Å². The van der Waals surface area contributed by atoms with Crippen molar-refractivity contribution >= 4 is 35.1 Å². The van der Waals surface area contributed by atoms with Gasteiger partial charge in [-0.05, 0) is 38.0 Å². The maximum atomic E-state index is 13.5. The van der Waals surface area contributed by atoms with Gasteiger partial charge in [0, 0.05) is 42.5 Å². The van der Waals surface area contributed by atoms with E-state index in [0.29, 0.717) is 30.6 Å². The molecule has 0 aromatic carbocycles. The molecule has 1 atom stereocenters. The summed E-state index contributed by atoms with van der Waals surface area (Å²) in [5.74, 6) is -0.805. The van der Waals surface area contributed by atoms with E-state index in [1.54, 1.807) is 26.8 Å². The van der Waals surface area contributed by atoms with E-state index in [1.807, 2.05) is 0 Å². The van der Waals surface area contributed by atoms with Crippen molar-refractivity contribution in [2.45, 2.75) is 45.8 Å². The molecule has 1 fully saturated rings. The highest BCUT2D eigenvalue weighted by Gasteiger charge is 2.37. The first-order chi connectivity index (χ1) is 15.4.